The first kappa shape index (κ1) is 21.8. The van der Waals surface area contributed by atoms with Gasteiger partial charge in [-0.1, -0.05) is 18.5 Å². The second kappa shape index (κ2) is 9.71. The Balaban J connectivity index is 1.50. The van der Waals surface area contributed by atoms with Crippen molar-refractivity contribution in [1.29, 1.82) is 0 Å². The van der Waals surface area contributed by atoms with Crippen LogP contribution in [-0.4, -0.2) is 76.2 Å². The van der Waals surface area contributed by atoms with Crippen LogP contribution in [0.5, 0.6) is 0 Å². The highest BCUT2D eigenvalue weighted by Gasteiger charge is 2.35. The molecule has 8 nitrogen and oxygen atoms in total. The quantitative estimate of drug-likeness (QED) is 0.744. The monoisotopic (exact) mass is 406 g/mol. The average Bonchev–Trinajstić information content (AvgIpc) is 3.05. The zero-order chi connectivity index (χ0) is 20.9. The number of nitrogens with zero attached hydrogens (tertiary/aromatic N) is 3. The highest BCUT2D eigenvalue weighted by Crippen LogP contribution is 2.26. The smallest absolute Gasteiger partial charge is 0.292 e. The van der Waals surface area contributed by atoms with E-state index in [2.05, 4.69) is 22.3 Å². The lowest BCUT2D eigenvalue weighted by Gasteiger charge is -2.38. The number of β-amino-alcohol motifs (C(OH)–C–C–N with tert-alkyl or cyclic N) is 1. The number of aryl methyl sites for hydroxylation is 1. The van der Waals surface area contributed by atoms with Crippen molar-refractivity contribution in [3.8, 4) is 0 Å². The molecule has 1 aromatic heterocycles. The van der Waals surface area contributed by atoms with E-state index in [-0.39, 0.29) is 17.9 Å². The molecule has 0 unspecified atom stereocenters. The van der Waals surface area contributed by atoms with Gasteiger partial charge in [0.1, 0.15) is 0 Å². The maximum Gasteiger partial charge on any atom is 0.292 e. The number of nitrogens with one attached hydrogen (secondary N) is 1. The van der Waals surface area contributed by atoms with Gasteiger partial charge in [-0.05, 0) is 38.5 Å². The fourth-order valence-corrected chi connectivity index (χ4v) is 4.42. The first-order chi connectivity index (χ1) is 13.9. The lowest BCUT2D eigenvalue weighted by molar-refractivity contribution is -0.120. The Hall–Kier alpha value is -1.93. The van der Waals surface area contributed by atoms with Crippen LogP contribution in [0.3, 0.4) is 0 Å². The Kier molecular flexibility index (Phi) is 7.29. The van der Waals surface area contributed by atoms with E-state index < -0.39 is 5.60 Å². The van der Waals surface area contributed by atoms with E-state index in [0.717, 1.165) is 50.9 Å². The zero-order valence-electron chi connectivity index (χ0n) is 17.7. The van der Waals surface area contributed by atoms with E-state index in [4.69, 9.17) is 4.52 Å². The van der Waals surface area contributed by atoms with Gasteiger partial charge in [-0.3, -0.25) is 9.59 Å². The third-order valence-electron chi connectivity index (χ3n) is 5.99. The number of carbonyl (C=O) groups excluding carboxylic acids is 2. The molecular formula is C21H34N4O4. The number of rotatable bonds is 6. The molecule has 0 aromatic carbocycles. The number of aromatic nitrogens is 1. The topological polar surface area (TPSA) is 98.9 Å². The predicted octanol–water partition coefficient (Wildman–Crippen LogP) is 1.58. The number of amides is 2. The molecule has 2 aliphatic rings. The number of aliphatic hydroxyl groups is 1. The summed E-state index contributed by atoms with van der Waals surface area (Å²) >= 11 is 0. The molecular weight excluding hydrogens is 372 g/mol. The van der Waals surface area contributed by atoms with Gasteiger partial charge in [0.05, 0.1) is 11.3 Å². The second-order valence-electron chi connectivity index (χ2n) is 8.55. The summed E-state index contributed by atoms with van der Waals surface area (Å²) in [5.74, 6) is 0.170. The predicted molar refractivity (Wildman–Crippen MR) is 108 cm³/mol. The van der Waals surface area contributed by atoms with Gasteiger partial charge >= 0.3 is 0 Å². The molecule has 2 amide bonds. The molecule has 0 saturated carbocycles. The standard InChI is InChI=1S/C21H34N4O4/c1-3-5-18-14-19(29-23-18)20(27)25-10-4-8-21(28,9-13-25)15-24-11-6-17(7-12-24)22-16(2)26/h14,17,28H,3-13,15H2,1-2H3,(H,22,26)/t21-/m1/s1. The van der Waals surface area contributed by atoms with Crippen molar-refractivity contribution < 1.29 is 19.2 Å². The summed E-state index contributed by atoms with van der Waals surface area (Å²) < 4.78 is 5.24. The Labute approximate surface area is 172 Å². The molecule has 1 atom stereocenters. The molecule has 1 aromatic rings. The average molecular weight is 407 g/mol. The van der Waals surface area contributed by atoms with E-state index in [9.17, 15) is 14.7 Å². The van der Waals surface area contributed by atoms with Crippen molar-refractivity contribution in [3.63, 3.8) is 0 Å². The molecule has 3 rings (SSSR count). The molecule has 0 bridgehead atoms. The van der Waals surface area contributed by atoms with E-state index in [0.29, 0.717) is 38.2 Å². The van der Waals surface area contributed by atoms with Crippen LogP contribution >= 0.6 is 0 Å². The second-order valence-corrected chi connectivity index (χ2v) is 8.55. The van der Waals surface area contributed by atoms with Crippen LogP contribution in [0.25, 0.3) is 0 Å². The van der Waals surface area contributed by atoms with Gasteiger partial charge in [0.25, 0.3) is 5.91 Å². The first-order valence-electron chi connectivity index (χ1n) is 10.9. The van der Waals surface area contributed by atoms with Gasteiger partial charge in [-0.15, -0.1) is 0 Å². The largest absolute Gasteiger partial charge is 0.388 e. The van der Waals surface area contributed by atoms with Crippen molar-refractivity contribution in [2.75, 3.05) is 32.7 Å². The van der Waals surface area contributed by atoms with Gasteiger partial charge < -0.3 is 24.7 Å². The Morgan fingerprint density at radius 1 is 1.28 bits per heavy atom. The summed E-state index contributed by atoms with van der Waals surface area (Å²) in [6, 6.07) is 1.97. The van der Waals surface area contributed by atoms with E-state index in [1.807, 2.05) is 0 Å². The van der Waals surface area contributed by atoms with Gasteiger partial charge in [0.15, 0.2) is 0 Å². The zero-order valence-corrected chi connectivity index (χ0v) is 17.7. The van der Waals surface area contributed by atoms with Crippen LogP contribution < -0.4 is 5.32 Å². The van der Waals surface area contributed by atoms with Crippen molar-refractivity contribution in [1.82, 2.24) is 20.3 Å². The highest BCUT2D eigenvalue weighted by molar-refractivity contribution is 5.91. The first-order valence-corrected chi connectivity index (χ1v) is 10.9. The Morgan fingerprint density at radius 2 is 2.03 bits per heavy atom. The van der Waals surface area contributed by atoms with Crippen LogP contribution in [0.15, 0.2) is 10.6 Å². The van der Waals surface area contributed by atoms with Crippen LogP contribution in [0.2, 0.25) is 0 Å². The van der Waals surface area contributed by atoms with Crippen molar-refractivity contribution in [3.05, 3.63) is 17.5 Å². The summed E-state index contributed by atoms with van der Waals surface area (Å²) in [6.45, 7) is 7.11. The third kappa shape index (κ3) is 6.02. The number of hydrogen-bond acceptors (Lipinski definition) is 6. The summed E-state index contributed by atoms with van der Waals surface area (Å²) in [5, 5.41) is 18.1. The van der Waals surface area contributed by atoms with Gasteiger partial charge in [-0.25, -0.2) is 0 Å². The van der Waals surface area contributed by atoms with Crippen LogP contribution in [-0.2, 0) is 11.2 Å². The van der Waals surface area contributed by atoms with E-state index in [1.165, 1.54) is 0 Å². The van der Waals surface area contributed by atoms with Crippen molar-refractivity contribution in [2.45, 2.75) is 70.4 Å². The molecule has 29 heavy (non-hydrogen) atoms. The normalized spacial score (nSPS) is 24.3. The van der Waals surface area contributed by atoms with Gasteiger partial charge in [0.2, 0.25) is 11.7 Å². The molecule has 162 valence electrons. The van der Waals surface area contributed by atoms with E-state index >= 15 is 0 Å². The number of piperidine rings is 1. The molecule has 2 fully saturated rings. The molecule has 8 heteroatoms. The van der Waals surface area contributed by atoms with Crippen LogP contribution in [0.4, 0.5) is 0 Å². The fraction of sp³-hybridized carbons (Fsp3) is 0.762. The lowest BCUT2D eigenvalue weighted by atomic mass is 9.93. The SMILES string of the molecule is CCCc1cc(C(=O)N2CCC[C@](O)(CN3CCC(NC(C)=O)CC3)CC2)on1. The van der Waals surface area contributed by atoms with Gasteiger partial charge in [0, 0.05) is 51.8 Å². The molecule has 3 heterocycles. The molecule has 2 saturated heterocycles. The maximum absolute atomic E-state index is 12.8. The minimum atomic E-state index is -0.787. The molecule has 2 N–H and O–H groups in total. The summed E-state index contributed by atoms with van der Waals surface area (Å²) in [4.78, 5) is 28.0. The Morgan fingerprint density at radius 3 is 2.72 bits per heavy atom. The maximum atomic E-state index is 12.8. The third-order valence-corrected chi connectivity index (χ3v) is 5.99. The summed E-state index contributed by atoms with van der Waals surface area (Å²) in [5.41, 5.74) is 0.0230. The molecule has 0 aliphatic carbocycles. The molecule has 2 aliphatic heterocycles. The lowest BCUT2D eigenvalue weighted by Crippen LogP contribution is -2.50. The fourth-order valence-electron chi connectivity index (χ4n) is 4.42. The highest BCUT2D eigenvalue weighted by atomic mass is 16.5. The van der Waals surface area contributed by atoms with Crippen LogP contribution in [0.1, 0.15) is 68.6 Å². The van der Waals surface area contributed by atoms with E-state index in [1.54, 1.807) is 17.9 Å². The van der Waals surface area contributed by atoms with Crippen molar-refractivity contribution >= 4 is 11.8 Å². The number of carbonyl (C=O) groups is 2. The summed E-state index contributed by atoms with van der Waals surface area (Å²) in [7, 11) is 0. The summed E-state index contributed by atoms with van der Waals surface area (Å²) in [6.07, 6.45) is 5.58. The molecule has 0 spiro atoms. The minimum absolute atomic E-state index is 0.0178. The van der Waals surface area contributed by atoms with Crippen molar-refractivity contribution in [2.24, 2.45) is 0 Å². The van der Waals surface area contributed by atoms with Crippen LogP contribution in [0, 0.1) is 0 Å². The minimum Gasteiger partial charge on any atom is -0.388 e. The Bertz CT molecular complexity index is 699. The number of likely N-dealkylation sites (tertiary alicyclic amines) is 2. The molecule has 0 radical (unpaired) electrons. The van der Waals surface area contributed by atoms with Gasteiger partial charge in [-0.2, -0.15) is 0 Å². The number of hydrogen-bond donors (Lipinski definition) is 2.